The molecule has 1 aliphatic heterocycles. The molecule has 0 atom stereocenters. The minimum Gasteiger partial charge on any atom is -0.395 e. The molecule has 1 aliphatic rings. The summed E-state index contributed by atoms with van der Waals surface area (Å²) in [7, 11) is 1.96. The molecule has 1 saturated heterocycles. The summed E-state index contributed by atoms with van der Waals surface area (Å²) in [5.41, 5.74) is 1.25. The second-order valence-corrected chi connectivity index (χ2v) is 4.92. The summed E-state index contributed by atoms with van der Waals surface area (Å²) in [6, 6.07) is 4.13. The van der Waals surface area contributed by atoms with E-state index in [-0.39, 0.29) is 6.61 Å². The van der Waals surface area contributed by atoms with Crippen LogP contribution in [-0.2, 0) is 6.54 Å². The Labute approximate surface area is 115 Å². The summed E-state index contributed by atoms with van der Waals surface area (Å²) < 4.78 is 0. The third-order valence-electron chi connectivity index (χ3n) is 3.54. The van der Waals surface area contributed by atoms with Crippen molar-refractivity contribution in [2.24, 2.45) is 0 Å². The van der Waals surface area contributed by atoms with Gasteiger partial charge in [0.2, 0.25) is 0 Å². The number of hydrogen-bond donors (Lipinski definition) is 2. The summed E-state index contributed by atoms with van der Waals surface area (Å²) in [6.07, 6.45) is 2.99. The number of nitrogens with zero attached hydrogens (tertiary/aromatic N) is 3. The van der Waals surface area contributed by atoms with Crippen molar-refractivity contribution in [3.63, 3.8) is 0 Å². The lowest BCUT2D eigenvalue weighted by Gasteiger charge is -2.24. The Bertz CT molecular complexity index is 385. The van der Waals surface area contributed by atoms with Crippen LogP contribution in [0.3, 0.4) is 0 Å². The highest BCUT2D eigenvalue weighted by Crippen LogP contribution is 2.18. The first kappa shape index (κ1) is 14.2. The van der Waals surface area contributed by atoms with Crippen LogP contribution in [0.5, 0.6) is 0 Å². The van der Waals surface area contributed by atoms with Gasteiger partial charge < -0.3 is 15.3 Å². The molecule has 2 N–H and O–H groups in total. The largest absolute Gasteiger partial charge is 0.395 e. The molecular weight excluding hydrogens is 240 g/mol. The third-order valence-corrected chi connectivity index (χ3v) is 3.54. The molecule has 1 fully saturated rings. The normalized spacial score (nSPS) is 17.5. The first-order chi connectivity index (χ1) is 9.35. The first-order valence-corrected chi connectivity index (χ1v) is 7.02. The molecule has 1 aromatic heterocycles. The molecule has 0 aromatic carbocycles. The maximum atomic E-state index is 9.03. The van der Waals surface area contributed by atoms with Gasteiger partial charge in [0.1, 0.15) is 5.82 Å². The minimum atomic E-state index is 0.245. The van der Waals surface area contributed by atoms with E-state index >= 15 is 0 Å². The Balaban J connectivity index is 2.05. The van der Waals surface area contributed by atoms with Gasteiger partial charge in [-0.15, -0.1) is 0 Å². The third kappa shape index (κ3) is 3.89. The average Bonchev–Trinajstić information content (AvgIpc) is 2.66. The molecule has 5 nitrogen and oxygen atoms in total. The first-order valence-electron chi connectivity index (χ1n) is 7.02. The Kier molecular flexibility index (Phi) is 5.57. The number of pyridine rings is 1. The van der Waals surface area contributed by atoms with Gasteiger partial charge in [0.05, 0.1) is 6.61 Å². The zero-order chi connectivity index (χ0) is 13.5. The highest BCUT2D eigenvalue weighted by atomic mass is 16.3. The monoisotopic (exact) mass is 264 g/mol. The zero-order valence-corrected chi connectivity index (χ0v) is 11.7. The molecule has 0 bridgehead atoms. The summed E-state index contributed by atoms with van der Waals surface area (Å²) >= 11 is 0. The van der Waals surface area contributed by atoms with Gasteiger partial charge in [-0.1, -0.05) is 6.07 Å². The van der Waals surface area contributed by atoms with E-state index in [0.29, 0.717) is 0 Å². The van der Waals surface area contributed by atoms with Crippen molar-refractivity contribution >= 4 is 5.82 Å². The van der Waals surface area contributed by atoms with E-state index in [1.807, 2.05) is 19.3 Å². The molecular formula is C14H24N4O. The van der Waals surface area contributed by atoms with E-state index in [9.17, 15) is 0 Å². The van der Waals surface area contributed by atoms with E-state index in [2.05, 4.69) is 26.2 Å². The quantitative estimate of drug-likeness (QED) is 0.801. The number of aromatic nitrogens is 1. The Hall–Kier alpha value is -1.17. The molecule has 0 unspecified atom stereocenters. The van der Waals surface area contributed by atoms with E-state index in [0.717, 1.165) is 51.5 Å². The molecule has 2 heterocycles. The molecule has 0 aliphatic carbocycles. The van der Waals surface area contributed by atoms with E-state index < -0.39 is 0 Å². The number of rotatable bonds is 5. The van der Waals surface area contributed by atoms with Crippen molar-refractivity contribution in [2.75, 3.05) is 51.3 Å². The smallest absolute Gasteiger partial charge is 0.133 e. The predicted octanol–water partition coefficient (Wildman–Crippen LogP) is 0.305. The van der Waals surface area contributed by atoms with Crippen LogP contribution in [0.25, 0.3) is 0 Å². The van der Waals surface area contributed by atoms with Crippen LogP contribution >= 0.6 is 0 Å². The van der Waals surface area contributed by atoms with Gasteiger partial charge in [0, 0.05) is 44.5 Å². The minimum absolute atomic E-state index is 0.245. The lowest BCUT2D eigenvalue weighted by atomic mass is 10.2. The lowest BCUT2D eigenvalue weighted by molar-refractivity contribution is 0.204. The van der Waals surface area contributed by atoms with Crippen molar-refractivity contribution in [1.82, 2.24) is 15.2 Å². The Morgan fingerprint density at radius 1 is 1.32 bits per heavy atom. The van der Waals surface area contributed by atoms with Crippen LogP contribution in [0.15, 0.2) is 18.3 Å². The highest BCUT2D eigenvalue weighted by Gasteiger charge is 2.17. The number of nitrogens with one attached hydrogen (secondary N) is 1. The Morgan fingerprint density at radius 3 is 3.00 bits per heavy atom. The lowest BCUT2D eigenvalue weighted by Crippen LogP contribution is -2.33. The van der Waals surface area contributed by atoms with Gasteiger partial charge in [-0.3, -0.25) is 4.90 Å². The van der Waals surface area contributed by atoms with Crippen LogP contribution in [0, 0.1) is 0 Å². The van der Waals surface area contributed by atoms with Crippen molar-refractivity contribution in [3.8, 4) is 0 Å². The maximum Gasteiger partial charge on any atom is 0.133 e. The van der Waals surface area contributed by atoms with Crippen LogP contribution in [0.1, 0.15) is 12.0 Å². The van der Waals surface area contributed by atoms with Crippen molar-refractivity contribution in [1.29, 1.82) is 0 Å². The number of aliphatic hydroxyl groups is 1. The van der Waals surface area contributed by atoms with E-state index in [1.165, 1.54) is 5.56 Å². The van der Waals surface area contributed by atoms with Crippen molar-refractivity contribution in [3.05, 3.63) is 23.9 Å². The van der Waals surface area contributed by atoms with Crippen molar-refractivity contribution < 1.29 is 5.11 Å². The van der Waals surface area contributed by atoms with E-state index in [4.69, 9.17) is 5.11 Å². The fourth-order valence-electron chi connectivity index (χ4n) is 2.59. The second kappa shape index (κ2) is 7.43. The number of aliphatic hydroxyl groups excluding tert-OH is 1. The zero-order valence-electron chi connectivity index (χ0n) is 11.7. The SMILES string of the molecule is CNCc1cccnc1N1CCCN(CCO)CC1. The molecule has 0 radical (unpaired) electrons. The molecule has 0 amide bonds. The fourth-order valence-corrected chi connectivity index (χ4v) is 2.59. The second-order valence-electron chi connectivity index (χ2n) is 4.92. The van der Waals surface area contributed by atoms with Gasteiger partial charge in [0.25, 0.3) is 0 Å². The summed E-state index contributed by atoms with van der Waals surface area (Å²) in [6.45, 7) is 5.94. The fraction of sp³-hybridized carbons (Fsp3) is 0.643. The van der Waals surface area contributed by atoms with Gasteiger partial charge in [-0.05, 0) is 26.1 Å². The average molecular weight is 264 g/mol. The standard InChI is InChI=1S/C14H24N4O/c1-15-12-13-4-2-5-16-14(13)18-7-3-6-17(8-9-18)10-11-19/h2,4-5,15,19H,3,6-12H2,1H3. The summed E-state index contributed by atoms with van der Waals surface area (Å²) in [5.74, 6) is 1.10. The number of anilines is 1. The predicted molar refractivity (Wildman–Crippen MR) is 77.4 cm³/mol. The van der Waals surface area contributed by atoms with E-state index in [1.54, 1.807) is 0 Å². The van der Waals surface area contributed by atoms with Crippen LogP contribution in [0.4, 0.5) is 5.82 Å². The van der Waals surface area contributed by atoms with Crippen LogP contribution in [-0.4, -0.2) is 61.4 Å². The van der Waals surface area contributed by atoms with Crippen LogP contribution < -0.4 is 10.2 Å². The Morgan fingerprint density at radius 2 is 2.21 bits per heavy atom. The molecule has 1 aromatic rings. The van der Waals surface area contributed by atoms with Gasteiger partial charge >= 0.3 is 0 Å². The molecule has 0 spiro atoms. The van der Waals surface area contributed by atoms with Gasteiger partial charge in [0.15, 0.2) is 0 Å². The highest BCUT2D eigenvalue weighted by molar-refractivity contribution is 5.46. The number of hydrogen-bond acceptors (Lipinski definition) is 5. The molecule has 106 valence electrons. The van der Waals surface area contributed by atoms with Crippen molar-refractivity contribution in [2.45, 2.75) is 13.0 Å². The van der Waals surface area contributed by atoms with Gasteiger partial charge in [-0.2, -0.15) is 0 Å². The van der Waals surface area contributed by atoms with Crippen LogP contribution in [0.2, 0.25) is 0 Å². The summed E-state index contributed by atoms with van der Waals surface area (Å²) in [4.78, 5) is 9.24. The topological polar surface area (TPSA) is 51.6 Å². The molecule has 0 saturated carbocycles. The number of β-amino-alcohol motifs (C(OH)–C–C–N with tert-alkyl or cyclic N) is 1. The molecule has 19 heavy (non-hydrogen) atoms. The molecule has 2 rings (SSSR count). The van der Waals surface area contributed by atoms with Gasteiger partial charge in [-0.25, -0.2) is 4.98 Å². The maximum absolute atomic E-state index is 9.03. The molecule has 5 heteroatoms. The summed E-state index contributed by atoms with van der Waals surface area (Å²) in [5, 5.41) is 12.2.